The van der Waals surface area contributed by atoms with Crippen molar-refractivity contribution < 1.29 is 32.6 Å². The number of hydrogen-bond donors (Lipinski definition) is 2. The molecule has 2 N–H and O–H groups in total. The normalized spacial score (nSPS) is 11.4. The van der Waals surface area contributed by atoms with Gasteiger partial charge in [-0.25, -0.2) is 0 Å². The number of amides is 1. The Morgan fingerprint density at radius 1 is 1.30 bits per heavy atom. The molecule has 1 aromatic carbocycles. The Hall–Kier alpha value is -2.88. The van der Waals surface area contributed by atoms with E-state index >= 15 is 0 Å². The number of anilines is 1. The number of carboxylic acid groups (broad SMARTS) is 1. The number of carbonyl (C=O) groups excluding carboxylic acids is 1. The molecule has 0 saturated heterocycles. The van der Waals surface area contributed by atoms with Crippen LogP contribution < -0.4 is 5.32 Å². The molecule has 27 heavy (non-hydrogen) atoms. The maximum absolute atomic E-state index is 12.3. The summed E-state index contributed by atoms with van der Waals surface area (Å²) < 4.78 is 42.4. The fraction of sp³-hybridized carbons (Fsp3) is 0.353. The zero-order chi connectivity index (χ0) is 19.9. The van der Waals surface area contributed by atoms with E-state index < -0.39 is 24.7 Å². The van der Waals surface area contributed by atoms with Gasteiger partial charge in [-0.05, 0) is 24.1 Å². The van der Waals surface area contributed by atoms with Gasteiger partial charge in [0.05, 0.1) is 18.5 Å². The number of hydrogen-bond acceptors (Lipinski definition) is 4. The van der Waals surface area contributed by atoms with Gasteiger partial charge in [0.1, 0.15) is 6.61 Å². The molecule has 0 bridgehead atoms. The minimum Gasteiger partial charge on any atom is -0.481 e. The summed E-state index contributed by atoms with van der Waals surface area (Å²) in [6, 6.07) is 6.09. The van der Waals surface area contributed by atoms with Gasteiger partial charge in [0.2, 0.25) is 0 Å². The van der Waals surface area contributed by atoms with Crippen LogP contribution in [0, 0.1) is 0 Å². The number of aliphatic carboxylic acids is 1. The van der Waals surface area contributed by atoms with Crippen LogP contribution in [-0.4, -0.2) is 39.5 Å². The van der Waals surface area contributed by atoms with E-state index in [2.05, 4.69) is 15.2 Å². The molecular formula is C17H18F3N3O4. The van der Waals surface area contributed by atoms with Crippen LogP contribution in [0.3, 0.4) is 0 Å². The summed E-state index contributed by atoms with van der Waals surface area (Å²) in [5.41, 5.74) is 1.13. The molecule has 0 spiro atoms. The van der Waals surface area contributed by atoms with Crippen LogP contribution in [0.25, 0.3) is 0 Å². The Balaban J connectivity index is 1.89. The minimum absolute atomic E-state index is 0.0186. The highest BCUT2D eigenvalue weighted by molar-refractivity contribution is 6.04. The lowest BCUT2D eigenvalue weighted by Gasteiger charge is -2.09. The van der Waals surface area contributed by atoms with Crippen molar-refractivity contribution in [2.45, 2.75) is 32.2 Å². The second-order valence-electron chi connectivity index (χ2n) is 5.75. The van der Waals surface area contributed by atoms with Crippen molar-refractivity contribution in [1.82, 2.24) is 9.78 Å². The molecule has 146 valence electrons. The van der Waals surface area contributed by atoms with E-state index in [1.165, 1.54) is 23.0 Å². The number of rotatable bonds is 9. The molecule has 2 aromatic rings. The number of carbonyl (C=O) groups is 2. The van der Waals surface area contributed by atoms with Gasteiger partial charge in [-0.1, -0.05) is 12.1 Å². The highest BCUT2D eigenvalue weighted by Gasteiger charge is 2.27. The first-order valence-electron chi connectivity index (χ1n) is 8.02. The first kappa shape index (κ1) is 20.4. The molecule has 0 aliphatic heterocycles. The molecule has 2 rings (SSSR count). The van der Waals surface area contributed by atoms with Crippen LogP contribution in [-0.2, 0) is 22.7 Å². The van der Waals surface area contributed by atoms with Crippen LogP contribution in [0.5, 0.6) is 0 Å². The lowest BCUT2D eigenvalue weighted by molar-refractivity contribution is -0.176. The predicted molar refractivity (Wildman–Crippen MR) is 89.2 cm³/mol. The topological polar surface area (TPSA) is 93.5 Å². The van der Waals surface area contributed by atoms with Crippen molar-refractivity contribution in [3.8, 4) is 0 Å². The summed E-state index contributed by atoms with van der Waals surface area (Å²) in [5, 5.41) is 15.3. The van der Waals surface area contributed by atoms with Crippen LogP contribution in [0.15, 0.2) is 36.7 Å². The third kappa shape index (κ3) is 7.48. The number of alkyl halides is 3. The van der Waals surface area contributed by atoms with Crippen molar-refractivity contribution in [2.75, 3.05) is 11.9 Å². The van der Waals surface area contributed by atoms with E-state index in [4.69, 9.17) is 5.11 Å². The number of ether oxygens (including phenoxy) is 1. The summed E-state index contributed by atoms with van der Waals surface area (Å²) in [7, 11) is 0. The third-order valence-electron chi connectivity index (χ3n) is 3.39. The van der Waals surface area contributed by atoms with Gasteiger partial charge in [-0.15, -0.1) is 0 Å². The molecule has 0 aliphatic carbocycles. The highest BCUT2D eigenvalue weighted by Crippen LogP contribution is 2.16. The standard InChI is InChI=1S/C17H18F3N3O4/c18-17(19,20)11-27-10-12-3-1-4-13(7-12)16(26)22-14-8-21-23(9-14)6-2-5-15(24)25/h1,3-4,7-9H,2,5-6,10-11H2,(H,22,26)(H,24,25). The Morgan fingerprint density at radius 2 is 2.07 bits per heavy atom. The monoisotopic (exact) mass is 385 g/mol. The average Bonchev–Trinajstić information content (AvgIpc) is 3.01. The van der Waals surface area contributed by atoms with Gasteiger partial charge in [-0.3, -0.25) is 14.3 Å². The Labute approximate surface area is 152 Å². The van der Waals surface area contributed by atoms with Gasteiger partial charge in [-0.2, -0.15) is 18.3 Å². The zero-order valence-electron chi connectivity index (χ0n) is 14.2. The number of halogens is 3. The summed E-state index contributed by atoms with van der Waals surface area (Å²) >= 11 is 0. The average molecular weight is 385 g/mol. The second kappa shape index (κ2) is 9.17. The van der Waals surface area contributed by atoms with Crippen LogP contribution in [0.2, 0.25) is 0 Å². The fourth-order valence-corrected chi connectivity index (χ4v) is 2.23. The summed E-state index contributed by atoms with van der Waals surface area (Å²) in [6.45, 7) is -1.22. The van der Waals surface area contributed by atoms with Crippen LogP contribution in [0.1, 0.15) is 28.8 Å². The molecule has 0 radical (unpaired) electrons. The van der Waals surface area contributed by atoms with Crippen molar-refractivity contribution in [3.63, 3.8) is 0 Å². The second-order valence-corrected chi connectivity index (χ2v) is 5.75. The maximum atomic E-state index is 12.3. The van der Waals surface area contributed by atoms with E-state index in [1.54, 1.807) is 18.3 Å². The molecule has 0 fully saturated rings. The van der Waals surface area contributed by atoms with Crippen molar-refractivity contribution >= 4 is 17.6 Å². The number of nitrogens with one attached hydrogen (secondary N) is 1. The summed E-state index contributed by atoms with van der Waals surface area (Å²) in [6.07, 6.45) is -0.986. The van der Waals surface area contributed by atoms with Gasteiger partial charge >= 0.3 is 12.1 Å². The van der Waals surface area contributed by atoms with E-state index in [0.717, 1.165) is 0 Å². The first-order valence-corrected chi connectivity index (χ1v) is 8.02. The van der Waals surface area contributed by atoms with Gasteiger partial charge in [0.25, 0.3) is 5.91 Å². The molecule has 0 unspecified atom stereocenters. The SMILES string of the molecule is O=C(O)CCCn1cc(NC(=O)c2cccc(COCC(F)(F)F)c2)cn1. The van der Waals surface area contributed by atoms with Crippen molar-refractivity contribution in [2.24, 2.45) is 0 Å². The molecule has 0 aliphatic rings. The number of carboxylic acids is 1. The molecule has 1 amide bonds. The Morgan fingerprint density at radius 3 is 2.78 bits per heavy atom. The number of nitrogens with zero attached hydrogens (tertiary/aromatic N) is 2. The molecule has 1 aromatic heterocycles. The number of benzene rings is 1. The van der Waals surface area contributed by atoms with Crippen molar-refractivity contribution in [3.05, 3.63) is 47.8 Å². The lowest BCUT2D eigenvalue weighted by atomic mass is 10.1. The fourth-order valence-electron chi connectivity index (χ4n) is 2.23. The molecule has 1 heterocycles. The summed E-state index contributed by atoms with van der Waals surface area (Å²) in [5.74, 6) is -1.34. The lowest BCUT2D eigenvalue weighted by Crippen LogP contribution is -2.17. The largest absolute Gasteiger partial charge is 0.481 e. The molecule has 10 heteroatoms. The molecule has 0 saturated carbocycles. The third-order valence-corrected chi connectivity index (χ3v) is 3.39. The highest BCUT2D eigenvalue weighted by atomic mass is 19.4. The Kier molecular flexibility index (Phi) is 6.94. The molecule has 0 atom stereocenters. The van der Waals surface area contributed by atoms with E-state index in [9.17, 15) is 22.8 Å². The van der Waals surface area contributed by atoms with Gasteiger partial charge < -0.3 is 15.2 Å². The van der Waals surface area contributed by atoms with Gasteiger partial charge in [0, 0.05) is 24.7 Å². The summed E-state index contributed by atoms with van der Waals surface area (Å²) in [4.78, 5) is 22.8. The van der Waals surface area contributed by atoms with E-state index in [-0.39, 0.29) is 18.6 Å². The minimum atomic E-state index is -4.40. The maximum Gasteiger partial charge on any atom is 0.411 e. The molecule has 7 nitrogen and oxygen atoms in total. The van der Waals surface area contributed by atoms with Crippen LogP contribution >= 0.6 is 0 Å². The quantitative estimate of drug-likeness (QED) is 0.692. The number of aryl methyl sites for hydroxylation is 1. The number of aromatic nitrogens is 2. The predicted octanol–water partition coefficient (Wildman–Crippen LogP) is 3.08. The van der Waals surface area contributed by atoms with Gasteiger partial charge in [0.15, 0.2) is 0 Å². The van der Waals surface area contributed by atoms with Crippen LogP contribution in [0.4, 0.5) is 18.9 Å². The smallest absolute Gasteiger partial charge is 0.411 e. The van der Waals surface area contributed by atoms with E-state index in [1.807, 2.05) is 0 Å². The molecular weight excluding hydrogens is 367 g/mol. The zero-order valence-corrected chi connectivity index (χ0v) is 14.2. The Bertz CT molecular complexity index is 790. The first-order chi connectivity index (χ1) is 12.7. The van der Waals surface area contributed by atoms with E-state index in [0.29, 0.717) is 24.2 Å². The van der Waals surface area contributed by atoms with Crippen molar-refractivity contribution in [1.29, 1.82) is 0 Å².